The Morgan fingerprint density at radius 3 is 2.63 bits per heavy atom. The van der Waals surface area contributed by atoms with Crippen molar-refractivity contribution in [2.24, 2.45) is 34.5 Å². The predicted molar refractivity (Wildman–Crippen MR) is 114 cm³/mol. The van der Waals surface area contributed by atoms with E-state index in [1.165, 1.54) is 12.0 Å². The molecule has 0 bridgehead atoms. The Bertz CT molecular complexity index is 744. The summed E-state index contributed by atoms with van der Waals surface area (Å²) < 4.78 is 4.77. The summed E-state index contributed by atoms with van der Waals surface area (Å²) in [7, 11) is 0. The summed E-state index contributed by atoms with van der Waals surface area (Å²) >= 11 is 0. The molecule has 0 heterocycles. The van der Waals surface area contributed by atoms with E-state index < -0.39 is 11.8 Å². The van der Waals surface area contributed by atoms with Crippen LogP contribution in [0.5, 0.6) is 0 Å². The highest BCUT2D eigenvalue weighted by atomic mass is 16.7. The van der Waals surface area contributed by atoms with Gasteiger partial charge in [0.15, 0.2) is 5.78 Å². The van der Waals surface area contributed by atoms with Crippen molar-refractivity contribution in [1.29, 1.82) is 0 Å². The van der Waals surface area contributed by atoms with Crippen molar-refractivity contribution in [3.05, 3.63) is 11.6 Å². The Kier molecular flexibility index (Phi) is 5.57. The summed E-state index contributed by atoms with van der Waals surface area (Å²) in [5, 5.41) is 20.5. The first kappa shape index (κ1) is 21.9. The van der Waals surface area contributed by atoms with Crippen molar-refractivity contribution < 1.29 is 24.5 Å². The van der Waals surface area contributed by atoms with Gasteiger partial charge in [-0.2, -0.15) is 0 Å². The van der Waals surface area contributed by atoms with Crippen LogP contribution >= 0.6 is 0 Å². The molecule has 2 N–H and O–H groups in total. The second kappa shape index (κ2) is 7.65. The number of ketones is 1. The van der Waals surface area contributed by atoms with E-state index in [9.17, 15) is 14.7 Å². The zero-order chi connectivity index (χ0) is 21.7. The van der Waals surface area contributed by atoms with Gasteiger partial charge in [-0.05, 0) is 79.1 Å². The molecule has 4 aliphatic rings. The predicted octanol–water partition coefficient (Wildman–Crippen LogP) is 5.36. The van der Waals surface area contributed by atoms with Gasteiger partial charge in [-0.3, -0.25) is 4.79 Å². The Morgan fingerprint density at radius 2 is 1.93 bits per heavy atom. The molecular weight excluding hydrogens is 380 g/mol. The van der Waals surface area contributed by atoms with E-state index in [-0.39, 0.29) is 17.4 Å². The number of aliphatic hydroxyl groups is 1. The first-order chi connectivity index (χ1) is 14.1. The van der Waals surface area contributed by atoms with Gasteiger partial charge in [0.25, 0.3) is 0 Å². The molecule has 5 heteroatoms. The molecule has 0 saturated heterocycles. The van der Waals surface area contributed by atoms with Gasteiger partial charge in [-0.25, -0.2) is 4.79 Å². The van der Waals surface area contributed by atoms with Crippen molar-refractivity contribution in [3.8, 4) is 0 Å². The largest absolute Gasteiger partial charge is 0.505 e. The number of hydrogen-bond acceptors (Lipinski definition) is 4. The lowest BCUT2D eigenvalue weighted by Gasteiger charge is -2.61. The first-order valence-corrected chi connectivity index (χ1v) is 12.0. The van der Waals surface area contributed by atoms with Gasteiger partial charge in [0.2, 0.25) is 0 Å². The molecule has 4 rings (SSSR count). The van der Waals surface area contributed by atoms with Crippen molar-refractivity contribution in [2.75, 3.05) is 6.61 Å². The van der Waals surface area contributed by atoms with Crippen LogP contribution in [0.3, 0.4) is 0 Å². The van der Waals surface area contributed by atoms with Crippen molar-refractivity contribution in [3.63, 3.8) is 0 Å². The van der Waals surface area contributed by atoms with Crippen LogP contribution in [0, 0.1) is 34.5 Å². The molecule has 0 aliphatic heterocycles. The van der Waals surface area contributed by atoms with E-state index in [2.05, 4.69) is 20.8 Å². The third kappa shape index (κ3) is 3.23. The number of hydrogen-bond donors (Lipinski definition) is 2. The summed E-state index contributed by atoms with van der Waals surface area (Å²) in [5.74, 6) is 2.49. The maximum absolute atomic E-state index is 12.2. The lowest BCUT2D eigenvalue weighted by atomic mass is 9.43. The van der Waals surface area contributed by atoms with Gasteiger partial charge in [0.05, 0.1) is 12.2 Å². The highest BCUT2D eigenvalue weighted by molar-refractivity contribution is 5.91. The average molecular weight is 419 g/mol. The number of rotatable bonds is 5. The fourth-order valence-electron chi connectivity index (χ4n) is 8.20. The van der Waals surface area contributed by atoms with Gasteiger partial charge in [-0.15, -0.1) is 0 Å². The maximum Gasteiger partial charge on any atom is 0.505 e. The van der Waals surface area contributed by atoms with Gasteiger partial charge >= 0.3 is 6.16 Å². The second-order valence-corrected chi connectivity index (χ2v) is 11.0. The number of fused-ring (bicyclic) bond motifs is 5. The van der Waals surface area contributed by atoms with E-state index in [1.54, 1.807) is 0 Å². The topological polar surface area (TPSA) is 83.8 Å². The zero-order valence-corrected chi connectivity index (χ0v) is 18.8. The quantitative estimate of drug-likeness (QED) is 0.587. The number of carbonyl (C=O) groups excluding carboxylic acids is 1. The summed E-state index contributed by atoms with van der Waals surface area (Å²) in [6.45, 7) is 6.96. The molecule has 0 aromatic heterocycles. The molecule has 0 aromatic rings. The Morgan fingerprint density at radius 1 is 1.20 bits per heavy atom. The number of allylic oxidation sites excluding steroid dienone is 1. The van der Waals surface area contributed by atoms with Crippen LogP contribution in [0.4, 0.5) is 4.79 Å². The highest BCUT2D eigenvalue weighted by Crippen LogP contribution is 2.69. The minimum absolute atomic E-state index is 0.0628. The Balaban J connectivity index is 1.64. The molecule has 30 heavy (non-hydrogen) atoms. The normalized spacial score (nSPS) is 45.2. The maximum atomic E-state index is 12.2. The Labute approximate surface area is 180 Å². The van der Waals surface area contributed by atoms with Crippen molar-refractivity contribution in [1.82, 2.24) is 0 Å². The van der Waals surface area contributed by atoms with Crippen LogP contribution < -0.4 is 0 Å². The van der Waals surface area contributed by atoms with E-state index >= 15 is 0 Å². The summed E-state index contributed by atoms with van der Waals surface area (Å²) in [6.07, 6.45) is 9.89. The smallest absolute Gasteiger partial charge is 0.450 e. The third-order valence-electron chi connectivity index (χ3n) is 9.86. The van der Waals surface area contributed by atoms with E-state index in [1.807, 2.05) is 6.08 Å². The molecule has 0 unspecified atom stereocenters. The molecule has 3 fully saturated rings. The molecule has 4 aliphatic carbocycles. The van der Waals surface area contributed by atoms with Crippen LogP contribution in [0.1, 0.15) is 85.0 Å². The first-order valence-electron chi connectivity index (χ1n) is 12.0. The van der Waals surface area contributed by atoms with Gasteiger partial charge in [0.1, 0.15) is 0 Å². The fraction of sp³-hybridized carbons (Fsp3) is 0.840. The number of ether oxygens (including phenoxy) is 1. The SMILES string of the molecule is CCC[C@@H]1CC2=CC(=O)CC[C@]2(C)[C@H]2CC[C@@]3(C)[C@@H](CC[C@@]3(O)CCOC(=O)O)[C@H]12. The van der Waals surface area contributed by atoms with Crippen LogP contribution in [-0.2, 0) is 9.53 Å². The zero-order valence-electron chi connectivity index (χ0n) is 18.8. The van der Waals surface area contributed by atoms with Crippen LogP contribution in [0.25, 0.3) is 0 Å². The van der Waals surface area contributed by atoms with E-state index in [0.29, 0.717) is 42.3 Å². The molecule has 7 atom stereocenters. The molecular formula is C25H38O5. The van der Waals surface area contributed by atoms with Crippen molar-refractivity contribution >= 4 is 11.9 Å². The molecule has 0 spiro atoms. The third-order valence-corrected chi connectivity index (χ3v) is 9.86. The van der Waals surface area contributed by atoms with Crippen molar-refractivity contribution in [2.45, 2.75) is 90.6 Å². The number of carbonyl (C=O) groups is 2. The van der Waals surface area contributed by atoms with Crippen LogP contribution in [-0.4, -0.2) is 34.4 Å². The monoisotopic (exact) mass is 418 g/mol. The standard InChI is InChI=1S/C25H38O5/c1-4-5-16-14-17-15-18(26)6-9-23(17,2)19-7-10-24(3)20(21(16)19)8-11-25(24,29)12-13-30-22(27)28/h15-16,19-21,29H,4-14H2,1-3H3,(H,27,28)/t16-,19+,20+,21-,23+,24+,25-/m1/s1. The molecule has 0 amide bonds. The second-order valence-electron chi connectivity index (χ2n) is 11.0. The van der Waals surface area contributed by atoms with E-state index in [4.69, 9.17) is 9.84 Å². The lowest BCUT2D eigenvalue weighted by Crippen LogP contribution is -2.57. The van der Waals surface area contributed by atoms with Crippen LogP contribution in [0.2, 0.25) is 0 Å². The van der Waals surface area contributed by atoms with Gasteiger partial charge < -0.3 is 14.9 Å². The molecule has 0 aromatic carbocycles. The summed E-state index contributed by atoms with van der Waals surface area (Å²) in [5.41, 5.74) is 0.473. The van der Waals surface area contributed by atoms with E-state index in [0.717, 1.165) is 44.9 Å². The molecule has 3 saturated carbocycles. The van der Waals surface area contributed by atoms with Gasteiger partial charge in [0, 0.05) is 12.8 Å². The lowest BCUT2D eigenvalue weighted by molar-refractivity contribution is -0.147. The van der Waals surface area contributed by atoms with Gasteiger partial charge in [-0.1, -0.05) is 39.2 Å². The fourth-order valence-corrected chi connectivity index (χ4v) is 8.20. The summed E-state index contributed by atoms with van der Waals surface area (Å²) in [4.78, 5) is 23.0. The summed E-state index contributed by atoms with van der Waals surface area (Å²) in [6, 6.07) is 0. The Hall–Kier alpha value is -1.36. The minimum atomic E-state index is -1.27. The molecule has 5 nitrogen and oxygen atoms in total. The van der Waals surface area contributed by atoms with Crippen LogP contribution in [0.15, 0.2) is 11.6 Å². The minimum Gasteiger partial charge on any atom is -0.450 e. The molecule has 168 valence electrons. The average Bonchev–Trinajstić information content (AvgIpc) is 2.94. The highest BCUT2D eigenvalue weighted by Gasteiger charge is 2.65. The number of carboxylic acid groups (broad SMARTS) is 1. The molecule has 0 radical (unpaired) electrons.